The molecule has 4 nitrogen and oxygen atoms in total. The van der Waals surface area contributed by atoms with Crippen molar-refractivity contribution in [1.82, 2.24) is 0 Å². The summed E-state index contributed by atoms with van der Waals surface area (Å²) >= 11 is 0. The number of methoxy groups -OCH3 is 1. The lowest BCUT2D eigenvalue weighted by Gasteiger charge is -2.30. The van der Waals surface area contributed by atoms with Gasteiger partial charge >= 0.3 is 5.97 Å². The smallest absolute Gasteiger partial charge is 0.330 e. The van der Waals surface area contributed by atoms with Crippen molar-refractivity contribution in [2.24, 2.45) is 5.92 Å². The van der Waals surface area contributed by atoms with E-state index in [1.54, 1.807) is 6.08 Å². The number of amides is 1. The zero-order valence-electron chi connectivity index (χ0n) is 18.5. The molecule has 1 fully saturated rings. The van der Waals surface area contributed by atoms with E-state index in [-0.39, 0.29) is 11.8 Å². The van der Waals surface area contributed by atoms with Crippen molar-refractivity contribution in [1.29, 1.82) is 0 Å². The highest BCUT2D eigenvalue weighted by molar-refractivity contribution is 5.96. The zero-order valence-corrected chi connectivity index (χ0v) is 18.5. The standard InChI is InChI=1S/C28H29NO3/c1-32-27(30)17-15-21-8-7-13-26(19-21)29(28(31)24-10-3-2-4-11-24)20-22-14-16-23-9-5-6-12-25(23)18-22/h5-9,12-19,24H,2-4,10-11,20H2,1H3/b17-15+. The first kappa shape index (κ1) is 21.8. The molecule has 0 aromatic heterocycles. The SMILES string of the molecule is COC(=O)/C=C/c1cccc(N(Cc2ccc3ccccc3c2)C(=O)C2CCCCC2)c1. The summed E-state index contributed by atoms with van der Waals surface area (Å²) in [5, 5.41) is 2.36. The van der Waals surface area contributed by atoms with Crippen molar-refractivity contribution < 1.29 is 14.3 Å². The van der Waals surface area contributed by atoms with Gasteiger partial charge in [0.25, 0.3) is 0 Å². The fraction of sp³-hybridized carbons (Fsp3) is 0.286. The fourth-order valence-corrected chi connectivity index (χ4v) is 4.41. The number of carbonyl (C=O) groups is 2. The van der Waals surface area contributed by atoms with Crippen molar-refractivity contribution >= 4 is 34.4 Å². The molecule has 0 heterocycles. The average Bonchev–Trinajstić information content (AvgIpc) is 2.86. The number of anilines is 1. The molecule has 1 saturated carbocycles. The Hall–Kier alpha value is -3.40. The number of carbonyl (C=O) groups excluding carboxylic acids is 2. The first-order valence-corrected chi connectivity index (χ1v) is 11.3. The Morgan fingerprint density at radius 3 is 2.50 bits per heavy atom. The minimum atomic E-state index is -0.401. The Morgan fingerprint density at radius 1 is 0.938 bits per heavy atom. The summed E-state index contributed by atoms with van der Waals surface area (Å²) < 4.78 is 4.69. The van der Waals surface area contributed by atoms with Crippen LogP contribution in [0.2, 0.25) is 0 Å². The summed E-state index contributed by atoms with van der Waals surface area (Å²) in [7, 11) is 1.36. The molecule has 0 atom stereocenters. The van der Waals surface area contributed by atoms with Crippen LogP contribution in [-0.2, 0) is 20.9 Å². The lowest BCUT2D eigenvalue weighted by Crippen LogP contribution is -2.36. The monoisotopic (exact) mass is 427 g/mol. The summed E-state index contributed by atoms with van der Waals surface area (Å²) in [6.45, 7) is 0.518. The van der Waals surface area contributed by atoms with Gasteiger partial charge in [-0.1, -0.05) is 67.8 Å². The third kappa shape index (κ3) is 5.25. The van der Waals surface area contributed by atoms with Gasteiger partial charge in [0.1, 0.15) is 0 Å². The molecule has 32 heavy (non-hydrogen) atoms. The van der Waals surface area contributed by atoms with E-state index in [1.807, 2.05) is 41.3 Å². The van der Waals surface area contributed by atoms with Gasteiger partial charge in [-0.2, -0.15) is 0 Å². The van der Waals surface area contributed by atoms with Crippen LogP contribution in [0.1, 0.15) is 43.2 Å². The van der Waals surface area contributed by atoms with E-state index in [4.69, 9.17) is 4.74 Å². The molecule has 4 heteroatoms. The number of fused-ring (bicyclic) bond motifs is 1. The van der Waals surface area contributed by atoms with Gasteiger partial charge in [0.05, 0.1) is 13.7 Å². The van der Waals surface area contributed by atoms with Crippen LogP contribution < -0.4 is 4.90 Å². The molecule has 0 bridgehead atoms. The van der Waals surface area contributed by atoms with Gasteiger partial charge in [-0.25, -0.2) is 4.79 Å². The van der Waals surface area contributed by atoms with Gasteiger partial charge in [-0.3, -0.25) is 4.79 Å². The second kappa shape index (κ2) is 10.3. The topological polar surface area (TPSA) is 46.6 Å². The maximum absolute atomic E-state index is 13.6. The van der Waals surface area contributed by atoms with Gasteiger partial charge in [0.15, 0.2) is 0 Å². The molecule has 0 aliphatic heterocycles. The van der Waals surface area contributed by atoms with Crippen molar-refractivity contribution in [2.45, 2.75) is 38.6 Å². The maximum atomic E-state index is 13.6. The van der Waals surface area contributed by atoms with E-state index in [0.29, 0.717) is 6.54 Å². The second-order valence-corrected chi connectivity index (χ2v) is 8.39. The number of rotatable bonds is 6. The largest absolute Gasteiger partial charge is 0.466 e. The average molecular weight is 428 g/mol. The highest BCUT2D eigenvalue weighted by Crippen LogP contribution is 2.30. The highest BCUT2D eigenvalue weighted by atomic mass is 16.5. The van der Waals surface area contributed by atoms with Crippen LogP contribution in [0.3, 0.4) is 0 Å². The Labute approximate surface area is 189 Å². The molecule has 1 aliphatic carbocycles. The fourth-order valence-electron chi connectivity index (χ4n) is 4.41. The van der Waals surface area contributed by atoms with E-state index < -0.39 is 5.97 Å². The lowest BCUT2D eigenvalue weighted by atomic mass is 9.88. The van der Waals surface area contributed by atoms with Crippen molar-refractivity contribution in [2.75, 3.05) is 12.0 Å². The molecule has 1 amide bonds. The minimum absolute atomic E-state index is 0.0680. The van der Waals surface area contributed by atoms with Crippen molar-refractivity contribution in [3.8, 4) is 0 Å². The quantitative estimate of drug-likeness (QED) is 0.351. The predicted molar refractivity (Wildman–Crippen MR) is 129 cm³/mol. The number of hydrogen-bond donors (Lipinski definition) is 0. The molecule has 4 rings (SSSR count). The van der Waals surface area contributed by atoms with E-state index >= 15 is 0 Å². The molecule has 0 N–H and O–H groups in total. The summed E-state index contributed by atoms with van der Waals surface area (Å²) in [6, 6.07) is 22.4. The third-order valence-corrected chi connectivity index (χ3v) is 6.17. The van der Waals surface area contributed by atoms with E-state index in [2.05, 4.69) is 30.3 Å². The van der Waals surface area contributed by atoms with Crippen LogP contribution in [0.15, 0.2) is 72.8 Å². The molecular weight excluding hydrogens is 398 g/mol. The number of benzene rings is 3. The normalized spacial score (nSPS) is 14.5. The van der Waals surface area contributed by atoms with Crippen LogP contribution in [0, 0.1) is 5.92 Å². The molecule has 1 aliphatic rings. The molecular formula is C28H29NO3. The molecule has 0 saturated heterocycles. The molecule has 0 radical (unpaired) electrons. The number of esters is 1. The van der Waals surface area contributed by atoms with E-state index in [9.17, 15) is 9.59 Å². The Kier molecular flexibility index (Phi) is 7.00. The first-order chi connectivity index (χ1) is 15.6. The minimum Gasteiger partial charge on any atom is -0.466 e. The van der Waals surface area contributed by atoms with Crippen LogP contribution in [0.25, 0.3) is 16.8 Å². The molecule has 3 aromatic carbocycles. The number of hydrogen-bond acceptors (Lipinski definition) is 3. The van der Waals surface area contributed by atoms with Crippen LogP contribution >= 0.6 is 0 Å². The summed E-state index contributed by atoms with van der Waals surface area (Å²) in [5.41, 5.74) is 2.80. The molecule has 3 aromatic rings. The Balaban J connectivity index is 1.66. The molecule has 164 valence electrons. The van der Waals surface area contributed by atoms with Gasteiger partial charge in [-0.05, 0) is 59.0 Å². The third-order valence-electron chi connectivity index (χ3n) is 6.17. The van der Waals surface area contributed by atoms with E-state index in [1.165, 1.54) is 30.4 Å². The lowest BCUT2D eigenvalue weighted by molar-refractivity contribution is -0.134. The summed E-state index contributed by atoms with van der Waals surface area (Å²) in [4.78, 5) is 27.0. The van der Waals surface area contributed by atoms with Gasteiger partial charge in [-0.15, -0.1) is 0 Å². The molecule has 0 spiro atoms. The van der Waals surface area contributed by atoms with Crippen LogP contribution in [-0.4, -0.2) is 19.0 Å². The van der Waals surface area contributed by atoms with Crippen LogP contribution in [0.5, 0.6) is 0 Å². The maximum Gasteiger partial charge on any atom is 0.330 e. The zero-order chi connectivity index (χ0) is 22.3. The number of ether oxygens (including phenoxy) is 1. The number of nitrogens with zero attached hydrogens (tertiary/aromatic N) is 1. The van der Waals surface area contributed by atoms with Crippen molar-refractivity contribution in [3.63, 3.8) is 0 Å². The molecule has 0 unspecified atom stereocenters. The van der Waals surface area contributed by atoms with Gasteiger partial charge in [0.2, 0.25) is 5.91 Å². The summed E-state index contributed by atoms with van der Waals surface area (Å²) in [6.07, 6.45) is 8.46. The van der Waals surface area contributed by atoms with E-state index in [0.717, 1.165) is 42.5 Å². The second-order valence-electron chi connectivity index (χ2n) is 8.39. The van der Waals surface area contributed by atoms with Gasteiger partial charge in [0, 0.05) is 17.7 Å². The summed E-state index contributed by atoms with van der Waals surface area (Å²) in [5.74, 6) is -0.146. The van der Waals surface area contributed by atoms with Gasteiger partial charge < -0.3 is 9.64 Å². The Bertz CT molecular complexity index is 1130. The van der Waals surface area contributed by atoms with Crippen molar-refractivity contribution in [3.05, 3.63) is 83.9 Å². The Morgan fingerprint density at radius 2 is 1.72 bits per heavy atom. The van der Waals surface area contributed by atoms with Crippen LogP contribution in [0.4, 0.5) is 5.69 Å². The highest BCUT2D eigenvalue weighted by Gasteiger charge is 2.27. The predicted octanol–water partition coefficient (Wildman–Crippen LogP) is 6.14. The first-order valence-electron chi connectivity index (χ1n) is 11.3.